The van der Waals surface area contributed by atoms with Gasteiger partial charge in [-0.15, -0.1) is 0 Å². The Morgan fingerprint density at radius 3 is 2.68 bits per heavy atom. The molecule has 0 amide bonds. The molecule has 0 atom stereocenters. The van der Waals surface area contributed by atoms with Crippen LogP contribution in [0.4, 0.5) is 0 Å². The average molecular weight is 251 g/mol. The summed E-state index contributed by atoms with van der Waals surface area (Å²) in [6.07, 6.45) is 2.54. The smallest absolute Gasteiger partial charge is 0.218 e. The van der Waals surface area contributed by atoms with Crippen LogP contribution in [-0.2, 0) is 11.4 Å². The summed E-state index contributed by atoms with van der Waals surface area (Å²) in [4.78, 5) is 10.9. The number of carbonyl (C=O) groups excluding carboxylic acids is 1. The van der Waals surface area contributed by atoms with Crippen molar-refractivity contribution in [3.63, 3.8) is 0 Å². The number of hydrogen-bond donors (Lipinski definition) is 0. The number of rotatable bonds is 4. The molecule has 1 aromatic heterocycles. The van der Waals surface area contributed by atoms with Crippen molar-refractivity contribution in [1.29, 1.82) is 0 Å². The lowest BCUT2D eigenvalue weighted by Crippen LogP contribution is -1.96. The van der Waals surface area contributed by atoms with E-state index in [0.29, 0.717) is 6.61 Å². The summed E-state index contributed by atoms with van der Waals surface area (Å²) < 4.78 is 7.29. The number of fused-ring (bicyclic) bond motifs is 1. The van der Waals surface area contributed by atoms with Gasteiger partial charge in [0.1, 0.15) is 12.4 Å². The Morgan fingerprint density at radius 1 is 1.05 bits per heavy atom. The van der Waals surface area contributed by atoms with Crippen LogP contribution < -0.4 is 4.74 Å². The first-order valence-electron chi connectivity index (χ1n) is 6.09. The Hall–Kier alpha value is -2.55. The molecule has 3 heteroatoms. The summed E-state index contributed by atoms with van der Waals surface area (Å²) in [6.45, 7) is 0.522. The summed E-state index contributed by atoms with van der Waals surface area (Å²) in [7, 11) is 0. The highest BCUT2D eigenvalue weighted by Gasteiger charge is 2.02. The van der Waals surface area contributed by atoms with Crippen molar-refractivity contribution in [3.8, 4) is 5.75 Å². The lowest BCUT2D eigenvalue weighted by molar-refractivity contribution is 0.306. The summed E-state index contributed by atoms with van der Waals surface area (Å²) in [5.41, 5.74) is 1.98. The highest BCUT2D eigenvalue weighted by molar-refractivity contribution is 5.86. The fraction of sp³-hybridized carbons (Fsp3) is 0.0625. The lowest BCUT2D eigenvalue weighted by atomic mass is 10.2. The largest absolute Gasteiger partial charge is 0.489 e. The molecule has 0 saturated carbocycles. The molecule has 3 aromatic rings. The highest BCUT2D eigenvalue weighted by atomic mass is 16.5. The number of hydrogen-bond acceptors (Lipinski definition) is 2. The van der Waals surface area contributed by atoms with Crippen molar-refractivity contribution in [1.82, 2.24) is 4.57 Å². The maximum Gasteiger partial charge on any atom is 0.218 e. The zero-order valence-corrected chi connectivity index (χ0v) is 10.3. The zero-order valence-electron chi connectivity index (χ0n) is 10.3. The van der Waals surface area contributed by atoms with Crippen LogP contribution in [0.15, 0.2) is 60.8 Å². The molecule has 0 aliphatic rings. The second-order valence-electron chi connectivity index (χ2n) is 4.32. The Kier molecular flexibility index (Phi) is 3.02. The maximum atomic E-state index is 10.9. The molecule has 19 heavy (non-hydrogen) atoms. The van der Waals surface area contributed by atoms with Crippen LogP contribution in [0.25, 0.3) is 10.9 Å². The predicted octanol–water partition coefficient (Wildman–Crippen LogP) is 3.26. The van der Waals surface area contributed by atoms with Crippen molar-refractivity contribution in [2.75, 3.05) is 0 Å². The van der Waals surface area contributed by atoms with Crippen LogP contribution >= 0.6 is 0 Å². The van der Waals surface area contributed by atoms with E-state index in [1.807, 2.05) is 54.6 Å². The Labute approximate surface area is 111 Å². The molecule has 0 aliphatic carbocycles. The molecule has 0 N–H and O–H groups in total. The summed E-state index contributed by atoms with van der Waals surface area (Å²) in [5.74, 6) is 0.762. The Balaban J connectivity index is 1.83. The molecule has 0 unspecified atom stereocenters. The third-order valence-electron chi connectivity index (χ3n) is 3.06. The van der Waals surface area contributed by atoms with E-state index < -0.39 is 0 Å². The molecule has 94 valence electrons. The van der Waals surface area contributed by atoms with Gasteiger partial charge in [0, 0.05) is 17.6 Å². The van der Waals surface area contributed by atoms with Gasteiger partial charge in [0.2, 0.25) is 6.41 Å². The fourth-order valence-electron chi connectivity index (χ4n) is 2.05. The number of carbonyl (C=O) groups is 1. The van der Waals surface area contributed by atoms with E-state index in [2.05, 4.69) is 0 Å². The molecule has 0 saturated heterocycles. The quantitative estimate of drug-likeness (QED) is 0.666. The van der Waals surface area contributed by atoms with Gasteiger partial charge >= 0.3 is 0 Å². The van der Waals surface area contributed by atoms with Crippen molar-refractivity contribution in [2.24, 2.45) is 0 Å². The molecule has 0 radical (unpaired) electrons. The van der Waals surface area contributed by atoms with E-state index in [1.165, 1.54) is 0 Å². The van der Waals surface area contributed by atoms with E-state index in [9.17, 15) is 4.79 Å². The molecule has 3 nitrogen and oxygen atoms in total. The normalized spacial score (nSPS) is 10.5. The summed E-state index contributed by atoms with van der Waals surface area (Å²) in [6, 6.07) is 17.7. The first-order valence-corrected chi connectivity index (χ1v) is 6.09. The lowest BCUT2D eigenvalue weighted by Gasteiger charge is -2.06. The van der Waals surface area contributed by atoms with Gasteiger partial charge in [-0.1, -0.05) is 30.3 Å². The van der Waals surface area contributed by atoms with E-state index in [0.717, 1.165) is 28.6 Å². The average Bonchev–Trinajstić information content (AvgIpc) is 2.88. The topological polar surface area (TPSA) is 31.2 Å². The summed E-state index contributed by atoms with van der Waals surface area (Å²) >= 11 is 0. The number of nitrogens with zero attached hydrogens (tertiary/aromatic N) is 1. The molecule has 0 aliphatic heterocycles. The van der Waals surface area contributed by atoms with Gasteiger partial charge in [0.25, 0.3) is 0 Å². The monoisotopic (exact) mass is 251 g/mol. The third kappa shape index (κ3) is 2.36. The van der Waals surface area contributed by atoms with E-state index in [4.69, 9.17) is 4.74 Å². The zero-order chi connectivity index (χ0) is 13.1. The molecular formula is C16H13NO2. The minimum absolute atomic E-state index is 0.522. The molecule has 2 aromatic carbocycles. The second-order valence-corrected chi connectivity index (χ2v) is 4.32. The molecule has 1 heterocycles. The predicted molar refractivity (Wildman–Crippen MR) is 74.9 cm³/mol. The first-order chi connectivity index (χ1) is 9.36. The number of aromatic nitrogens is 1. The molecule has 0 fully saturated rings. The standard InChI is InChI=1S/C16H13NO2/c18-12-17-9-8-14-6-7-15(10-16(14)17)19-11-13-4-2-1-3-5-13/h1-10,12H,11H2. The molecule has 0 bridgehead atoms. The van der Waals surface area contributed by atoms with Gasteiger partial charge in [-0.3, -0.25) is 9.36 Å². The SMILES string of the molecule is O=Cn1ccc2ccc(OCc3ccccc3)cc21. The van der Waals surface area contributed by atoms with Crippen molar-refractivity contribution in [2.45, 2.75) is 6.61 Å². The minimum Gasteiger partial charge on any atom is -0.489 e. The van der Waals surface area contributed by atoms with Crippen LogP contribution in [0.2, 0.25) is 0 Å². The number of benzene rings is 2. The number of ether oxygens (including phenoxy) is 1. The minimum atomic E-state index is 0.522. The summed E-state index contributed by atoms with van der Waals surface area (Å²) in [5, 5.41) is 1.03. The third-order valence-corrected chi connectivity index (χ3v) is 3.06. The van der Waals surface area contributed by atoms with Gasteiger partial charge in [0.15, 0.2) is 0 Å². The molecular weight excluding hydrogens is 238 g/mol. The van der Waals surface area contributed by atoms with Gasteiger partial charge in [-0.2, -0.15) is 0 Å². The Morgan fingerprint density at radius 2 is 1.89 bits per heavy atom. The fourth-order valence-corrected chi connectivity index (χ4v) is 2.05. The van der Waals surface area contributed by atoms with Gasteiger partial charge in [-0.05, 0) is 23.8 Å². The van der Waals surface area contributed by atoms with Crippen LogP contribution in [0.3, 0.4) is 0 Å². The molecule has 3 rings (SSSR count). The van der Waals surface area contributed by atoms with Crippen molar-refractivity contribution < 1.29 is 9.53 Å². The van der Waals surface area contributed by atoms with Crippen molar-refractivity contribution in [3.05, 3.63) is 66.4 Å². The van der Waals surface area contributed by atoms with Crippen LogP contribution in [0, 0.1) is 0 Å². The van der Waals surface area contributed by atoms with E-state index in [-0.39, 0.29) is 0 Å². The van der Waals surface area contributed by atoms with E-state index >= 15 is 0 Å². The van der Waals surface area contributed by atoms with Gasteiger partial charge in [-0.25, -0.2) is 0 Å². The Bertz CT molecular complexity index is 701. The van der Waals surface area contributed by atoms with E-state index in [1.54, 1.807) is 10.8 Å². The maximum absolute atomic E-state index is 10.9. The van der Waals surface area contributed by atoms with Crippen LogP contribution in [-0.4, -0.2) is 11.0 Å². The van der Waals surface area contributed by atoms with Crippen molar-refractivity contribution >= 4 is 17.3 Å². The molecule has 0 spiro atoms. The van der Waals surface area contributed by atoms with Crippen LogP contribution in [0.5, 0.6) is 5.75 Å². The van der Waals surface area contributed by atoms with Gasteiger partial charge < -0.3 is 4.74 Å². The van der Waals surface area contributed by atoms with Crippen LogP contribution in [0.1, 0.15) is 5.56 Å². The highest BCUT2D eigenvalue weighted by Crippen LogP contribution is 2.22. The first kappa shape index (κ1) is 11.5. The second kappa shape index (κ2) is 4.98. The van der Waals surface area contributed by atoms with Gasteiger partial charge in [0.05, 0.1) is 5.52 Å².